The number of H-pyrrole nitrogens is 2. The van der Waals surface area contributed by atoms with Crippen LogP contribution in [0.25, 0.3) is 11.3 Å². The first-order chi connectivity index (χ1) is 15.2. The van der Waals surface area contributed by atoms with Gasteiger partial charge in [-0.3, -0.25) is 4.90 Å². The minimum Gasteiger partial charge on any atom is -0.497 e. The molecule has 2 unspecified atom stereocenters. The van der Waals surface area contributed by atoms with Crippen LogP contribution >= 0.6 is 12.2 Å². The van der Waals surface area contributed by atoms with E-state index in [9.17, 15) is 0 Å². The molecule has 31 heavy (non-hydrogen) atoms. The van der Waals surface area contributed by atoms with Crippen LogP contribution < -0.4 is 14.4 Å². The Balaban J connectivity index is 1.26. The predicted octanol–water partition coefficient (Wildman–Crippen LogP) is 3.98. The third-order valence-corrected chi connectivity index (χ3v) is 6.15. The largest absolute Gasteiger partial charge is 0.497 e. The molecule has 0 aliphatic carbocycles. The highest BCUT2D eigenvalue weighted by Crippen LogP contribution is 2.44. The number of nitrogens with one attached hydrogen (secondary N) is 2. The van der Waals surface area contributed by atoms with Crippen molar-refractivity contribution in [3.8, 4) is 22.8 Å². The smallest absolute Gasteiger partial charge is 0.175 e. The average Bonchev–Trinajstić information content (AvgIpc) is 3.53. The zero-order valence-corrected chi connectivity index (χ0v) is 18.4. The van der Waals surface area contributed by atoms with Crippen molar-refractivity contribution in [3.63, 3.8) is 0 Å². The van der Waals surface area contributed by atoms with Gasteiger partial charge in [-0.25, -0.2) is 0 Å². The summed E-state index contributed by atoms with van der Waals surface area (Å²) in [6.45, 7) is 3.67. The molecule has 2 fully saturated rings. The highest BCUT2D eigenvalue weighted by atomic mass is 32.1. The van der Waals surface area contributed by atoms with Gasteiger partial charge >= 0.3 is 0 Å². The monoisotopic (exact) mass is 438 g/mol. The summed E-state index contributed by atoms with van der Waals surface area (Å²) < 4.78 is 17.6. The van der Waals surface area contributed by atoms with Gasteiger partial charge in [0.2, 0.25) is 0 Å². The van der Waals surface area contributed by atoms with Crippen LogP contribution in [0.5, 0.6) is 11.5 Å². The van der Waals surface area contributed by atoms with E-state index >= 15 is 0 Å². The van der Waals surface area contributed by atoms with Crippen molar-refractivity contribution >= 4 is 17.9 Å². The minimum absolute atomic E-state index is 0.00613. The number of piperazine rings is 1. The highest BCUT2D eigenvalue weighted by Gasteiger charge is 2.47. The molecule has 2 aliphatic rings. The van der Waals surface area contributed by atoms with E-state index in [2.05, 4.69) is 44.0 Å². The molecular weight excluding hydrogens is 412 g/mol. The lowest BCUT2D eigenvalue weighted by atomic mass is 10.1. The minimum atomic E-state index is 0.00613. The Morgan fingerprint density at radius 1 is 0.935 bits per heavy atom. The standard InChI is InChI=1S/C23H26N4O3S/c1-28-17-12-16(13-18(14-17)29-2)26-8-10-27(11-9-26)22-21(30-22)20-19(24-23(31)25-20)15-6-4-3-5-7-15/h3-7,12-14,21-22H,8-11H2,1-2H3,(H2,24,25,31). The average molecular weight is 439 g/mol. The van der Waals surface area contributed by atoms with Gasteiger partial charge < -0.3 is 29.1 Å². The maximum Gasteiger partial charge on any atom is 0.175 e. The molecule has 2 atom stereocenters. The van der Waals surface area contributed by atoms with Gasteiger partial charge in [-0.2, -0.15) is 0 Å². The topological polar surface area (TPSA) is 69.1 Å². The van der Waals surface area contributed by atoms with Gasteiger partial charge in [0.05, 0.1) is 25.6 Å². The van der Waals surface area contributed by atoms with Gasteiger partial charge in [-0.1, -0.05) is 30.3 Å². The summed E-state index contributed by atoms with van der Waals surface area (Å²) in [4.78, 5) is 11.3. The van der Waals surface area contributed by atoms with E-state index in [4.69, 9.17) is 26.4 Å². The van der Waals surface area contributed by atoms with Crippen LogP contribution in [0.3, 0.4) is 0 Å². The fourth-order valence-corrected chi connectivity index (χ4v) is 4.46. The van der Waals surface area contributed by atoms with Crippen molar-refractivity contribution < 1.29 is 14.2 Å². The van der Waals surface area contributed by atoms with Crippen molar-refractivity contribution in [3.05, 3.63) is 59.0 Å². The zero-order chi connectivity index (χ0) is 21.4. The van der Waals surface area contributed by atoms with Gasteiger partial charge in [0.1, 0.15) is 23.8 Å². The number of epoxide rings is 1. The second kappa shape index (κ2) is 8.37. The molecule has 2 aromatic carbocycles. The number of hydrogen-bond acceptors (Lipinski definition) is 6. The number of ether oxygens (including phenoxy) is 3. The van der Waals surface area contributed by atoms with Crippen molar-refractivity contribution in [2.45, 2.75) is 12.3 Å². The highest BCUT2D eigenvalue weighted by molar-refractivity contribution is 7.71. The van der Waals surface area contributed by atoms with Crippen LogP contribution in [0.1, 0.15) is 11.8 Å². The van der Waals surface area contributed by atoms with Crippen LogP contribution in [-0.4, -0.2) is 61.5 Å². The van der Waals surface area contributed by atoms with Crippen molar-refractivity contribution in [2.75, 3.05) is 45.3 Å². The summed E-state index contributed by atoms with van der Waals surface area (Å²) >= 11 is 5.37. The van der Waals surface area contributed by atoms with Crippen molar-refractivity contribution in [1.82, 2.24) is 14.9 Å². The van der Waals surface area contributed by atoms with Gasteiger partial charge in [-0.15, -0.1) is 0 Å². The lowest BCUT2D eigenvalue weighted by Gasteiger charge is -2.35. The Bertz CT molecular complexity index is 1080. The maximum atomic E-state index is 6.10. The number of imidazole rings is 1. The normalized spacial score (nSPS) is 21.2. The molecule has 3 heterocycles. The fraction of sp³-hybridized carbons (Fsp3) is 0.348. The summed E-state index contributed by atoms with van der Waals surface area (Å²) in [5, 5.41) is 0. The zero-order valence-electron chi connectivity index (χ0n) is 17.6. The number of hydrogen-bond donors (Lipinski definition) is 2. The molecule has 3 aromatic rings. The summed E-state index contributed by atoms with van der Waals surface area (Å²) in [7, 11) is 3.36. The number of rotatable bonds is 6. The van der Waals surface area contributed by atoms with Crippen molar-refractivity contribution in [2.24, 2.45) is 0 Å². The molecular formula is C23H26N4O3S. The molecule has 0 spiro atoms. The molecule has 8 heteroatoms. The quantitative estimate of drug-likeness (QED) is 0.448. The Morgan fingerprint density at radius 3 is 2.26 bits per heavy atom. The molecule has 0 radical (unpaired) electrons. The molecule has 2 saturated heterocycles. The van der Waals surface area contributed by atoms with Crippen LogP contribution in [0.15, 0.2) is 48.5 Å². The fourth-order valence-electron chi connectivity index (χ4n) is 4.25. The van der Waals surface area contributed by atoms with Crippen LogP contribution in [0.2, 0.25) is 0 Å². The number of anilines is 1. The molecule has 2 aliphatic heterocycles. The van der Waals surface area contributed by atoms with E-state index in [1.54, 1.807) is 14.2 Å². The Morgan fingerprint density at radius 2 is 1.61 bits per heavy atom. The molecule has 0 bridgehead atoms. The van der Waals surface area contributed by atoms with E-state index in [1.807, 2.05) is 24.3 Å². The Kier molecular flexibility index (Phi) is 5.43. The van der Waals surface area contributed by atoms with Gasteiger partial charge in [0.25, 0.3) is 0 Å². The summed E-state index contributed by atoms with van der Waals surface area (Å²) in [5.41, 5.74) is 4.27. The Hall–Kier alpha value is -2.81. The van der Waals surface area contributed by atoms with Crippen LogP contribution in [0.4, 0.5) is 5.69 Å². The SMILES string of the molecule is COc1cc(OC)cc(N2CCN(C3OC3c3[nH]c(=S)[nH]c3-c3ccccc3)CC2)c1. The number of aromatic amines is 2. The molecule has 1 aromatic heterocycles. The second-order valence-corrected chi connectivity index (χ2v) is 8.18. The third-order valence-electron chi connectivity index (χ3n) is 5.95. The van der Waals surface area contributed by atoms with E-state index in [-0.39, 0.29) is 12.3 Å². The number of aromatic nitrogens is 2. The van der Waals surface area contributed by atoms with Crippen LogP contribution in [0, 0.1) is 4.77 Å². The molecule has 7 nitrogen and oxygen atoms in total. The molecule has 0 saturated carbocycles. The van der Waals surface area contributed by atoms with Gasteiger partial charge in [0.15, 0.2) is 4.77 Å². The van der Waals surface area contributed by atoms with E-state index in [0.29, 0.717) is 4.77 Å². The first-order valence-electron chi connectivity index (χ1n) is 10.4. The van der Waals surface area contributed by atoms with Crippen LogP contribution in [-0.2, 0) is 4.74 Å². The van der Waals surface area contributed by atoms with Gasteiger partial charge in [-0.05, 0) is 17.8 Å². The van der Waals surface area contributed by atoms with Crippen molar-refractivity contribution in [1.29, 1.82) is 0 Å². The third kappa shape index (κ3) is 4.06. The summed E-state index contributed by atoms with van der Waals surface area (Å²) in [6, 6.07) is 16.2. The van der Waals surface area contributed by atoms with E-state index in [0.717, 1.165) is 60.3 Å². The molecule has 5 rings (SSSR count). The molecule has 162 valence electrons. The first kappa shape index (κ1) is 20.1. The Labute approximate surface area is 186 Å². The molecule has 0 amide bonds. The lowest BCUT2D eigenvalue weighted by molar-refractivity contribution is 0.166. The summed E-state index contributed by atoms with van der Waals surface area (Å²) in [5.74, 6) is 1.61. The second-order valence-electron chi connectivity index (χ2n) is 7.77. The molecule has 2 N–H and O–H groups in total. The number of nitrogens with zero attached hydrogens (tertiary/aromatic N) is 2. The number of benzene rings is 2. The van der Waals surface area contributed by atoms with Gasteiger partial charge in [0, 0.05) is 50.1 Å². The number of methoxy groups -OCH3 is 2. The lowest BCUT2D eigenvalue weighted by Crippen LogP contribution is -2.47. The summed E-state index contributed by atoms with van der Waals surface area (Å²) in [6.07, 6.45) is 0.0810. The first-order valence-corrected chi connectivity index (χ1v) is 10.8. The van der Waals surface area contributed by atoms with E-state index < -0.39 is 0 Å². The maximum absolute atomic E-state index is 6.10. The van der Waals surface area contributed by atoms with E-state index in [1.165, 1.54) is 0 Å². The predicted molar refractivity (Wildman–Crippen MR) is 122 cm³/mol.